The zero-order chi connectivity index (χ0) is 15.2. The zero-order valence-corrected chi connectivity index (χ0v) is 13.4. The van der Waals surface area contributed by atoms with Gasteiger partial charge in [0, 0.05) is 14.2 Å². The van der Waals surface area contributed by atoms with Crippen LogP contribution in [0, 0.1) is 0 Å². The summed E-state index contributed by atoms with van der Waals surface area (Å²) in [5.74, 6) is 0. The zero-order valence-electron chi connectivity index (χ0n) is 11.6. The van der Waals surface area contributed by atoms with E-state index in [0.717, 1.165) is 33.5 Å². The van der Waals surface area contributed by atoms with E-state index in [0.29, 0.717) is 12.8 Å². The molecule has 0 heterocycles. The van der Waals surface area contributed by atoms with Crippen molar-refractivity contribution in [1.29, 1.82) is 0 Å². The number of hydrogen-bond acceptors (Lipinski definition) is 5. The van der Waals surface area contributed by atoms with Crippen LogP contribution < -0.4 is 0 Å². The topological polar surface area (TPSA) is 113 Å². The summed E-state index contributed by atoms with van der Waals surface area (Å²) in [5.41, 5.74) is 0. The first kappa shape index (κ1) is 19.3. The lowest BCUT2D eigenvalue weighted by Crippen LogP contribution is -2.30. The van der Waals surface area contributed by atoms with Crippen LogP contribution in [0.1, 0.15) is 45.4 Å². The van der Waals surface area contributed by atoms with Gasteiger partial charge in [0.05, 0.1) is 0 Å². The van der Waals surface area contributed by atoms with Crippen LogP contribution in [0.25, 0.3) is 0 Å². The predicted molar refractivity (Wildman–Crippen MR) is 72.0 cm³/mol. The maximum absolute atomic E-state index is 11.8. The molecule has 0 aromatic heterocycles. The Kier molecular flexibility index (Phi) is 8.00. The highest BCUT2D eigenvalue weighted by Gasteiger charge is 2.60. The summed E-state index contributed by atoms with van der Waals surface area (Å²) < 4.78 is 32.2. The van der Waals surface area contributed by atoms with Gasteiger partial charge in [0.1, 0.15) is 0 Å². The molecule has 0 aromatic carbocycles. The molecule has 0 aromatic rings. The van der Waals surface area contributed by atoms with Gasteiger partial charge in [0.15, 0.2) is 0 Å². The Labute approximate surface area is 114 Å². The Morgan fingerprint density at radius 2 is 1.37 bits per heavy atom. The van der Waals surface area contributed by atoms with Gasteiger partial charge in [-0.3, -0.25) is 9.13 Å². The lowest BCUT2D eigenvalue weighted by Gasteiger charge is -2.32. The van der Waals surface area contributed by atoms with Crippen molar-refractivity contribution in [2.45, 2.75) is 50.5 Å². The third-order valence-corrected chi connectivity index (χ3v) is 7.78. The van der Waals surface area contributed by atoms with Gasteiger partial charge in [0.2, 0.25) is 0 Å². The number of unbranched alkanes of at least 4 members (excludes halogenated alkanes) is 4. The molecule has 0 radical (unpaired) electrons. The number of rotatable bonds is 10. The summed E-state index contributed by atoms with van der Waals surface area (Å²) in [6.07, 6.45) is 3.60. The quantitative estimate of drug-likeness (QED) is 0.419. The SMILES string of the molecule is CCCCCCCC(O)(P(=O)(O)OC)P(=O)(O)OC. The first-order chi connectivity index (χ1) is 8.68. The summed E-state index contributed by atoms with van der Waals surface area (Å²) >= 11 is 0. The first-order valence-electron chi connectivity index (χ1n) is 6.18. The summed E-state index contributed by atoms with van der Waals surface area (Å²) in [4.78, 5) is 19.2. The van der Waals surface area contributed by atoms with Gasteiger partial charge in [-0.15, -0.1) is 0 Å². The van der Waals surface area contributed by atoms with E-state index in [4.69, 9.17) is 0 Å². The summed E-state index contributed by atoms with van der Waals surface area (Å²) in [7, 11) is -7.54. The van der Waals surface area contributed by atoms with Crippen molar-refractivity contribution in [2.24, 2.45) is 0 Å². The molecule has 0 amide bonds. The van der Waals surface area contributed by atoms with Crippen molar-refractivity contribution < 1.29 is 33.1 Å². The van der Waals surface area contributed by atoms with Crippen LogP contribution in [-0.4, -0.2) is 34.2 Å². The summed E-state index contributed by atoms with van der Waals surface area (Å²) in [5, 5.41) is 7.37. The molecule has 0 spiro atoms. The molecule has 7 nitrogen and oxygen atoms in total. The lowest BCUT2D eigenvalue weighted by atomic mass is 10.1. The summed E-state index contributed by atoms with van der Waals surface area (Å²) in [6, 6.07) is 0. The largest absolute Gasteiger partial charge is 0.371 e. The molecule has 19 heavy (non-hydrogen) atoms. The van der Waals surface area contributed by atoms with Gasteiger partial charge in [-0.25, -0.2) is 0 Å². The van der Waals surface area contributed by atoms with Crippen LogP contribution in [0.15, 0.2) is 0 Å². The molecule has 2 atom stereocenters. The Balaban J connectivity index is 4.91. The molecule has 116 valence electrons. The van der Waals surface area contributed by atoms with E-state index in [1.165, 1.54) is 0 Å². The van der Waals surface area contributed by atoms with Crippen molar-refractivity contribution in [3.05, 3.63) is 0 Å². The molecule has 0 fully saturated rings. The average Bonchev–Trinajstić information content (AvgIpc) is 2.37. The maximum Gasteiger partial charge on any atom is 0.371 e. The van der Waals surface area contributed by atoms with Crippen LogP contribution in [0.3, 0.4) is 0 Å². The molecule has 0 aliphatic rings. The van der Waals surface area contributed by atoms with Gasteiger partial charge in [-0.05, 0) is 12.8 Å². The average molecular weight is 318 g/mol. The van der Waals surface area contributed by atoms with Crippen LogP contribution in [0.2, 0.25) is 0 Å². The second-order valence-electron chi connectivity index (χ2n) is 4.34. The smallest absolute Gasteiger partial charge is 0.368 e. The maximum atomic E-state index is 11.8. The minimum Gasteiger partial charge on any atom is -0.368 e. The van der Waals surface area contributed by atoms with E-state index in [1.54, 1.807) is 0 Å². The minimum absolute atomic E-state index is 0.332. The molecular formula is C10H24O7P2. The van der Waals surface area contributed by atoms with E-state index in [2.05, 4.69) is 9.05 Å². The molecule has 0 bridgehead atoms. The van der Waals surface area contributed by atoms with E-state index in [-0.39, 0.29) is 6.42 Å². The number of hydrogen-bond donors (Lipinski definition) is 3. The second-order valence-corrected chi connectivity index (χ2v) is 8.99. The molecule has 3 N–H and O–H groups in total. The highest BCUT2D eigenvalue weighted by Crippen LogP contribution is 2.73. The van der Waals surface area contributed by atoms with Gasteiger partial charge in [0.25, 0.3) is 5.08 Å². The Morgan fingerprint density at radius 3 is 1.74 bits per heavy atom. The van der Waals surface area contributed by atoms with E-state index >= 15 is 0 Å². The lowest BCUT2D eigenvalue weighted by molar-refractivity contribution is 0.107. The van der Waals surface area contributed by atoms with Crippen LogP contribution in [0.4, 0.5) is 0 Å². The van der Waals surface area contributed by atoms with Gasteiger partial charge in [-0.2, -0.15) is 0 Å². The summed E-state index contributed by atoms with van der Waals surface area (Å²) in [6.45, 7) is 2.04. The molecule has 0 rings (SSSR count). The normalized spacial score (nSPS) is 21.4. The van der Waals surface area contributed by atoms with Crippen molar-refractivity contribution in [3.8, 4) is 0 Å². The van der Waals surface area contributed by atoms with Crippen molar-refractivity contribution in [2.75, 3.05) is 14.2 Å². The Morgan fingerprint density at radius 1 is 0.947 bits per heavy atom. The fourth-order valence-electron chi connectivity index (χ4n) is 1.70. The third-order valence-electron chi connectivity index (χ3n) is 3.02. The molecule has 2 unspecified atom stereocenters. The fourth-order valence-corrected chi connectivity index (χ4v) is 4.93. The van der Waals surface area contributed by atoms with Gasteiger partial charge < -0.3 is 23.9 Å². The molecule has 0 aliphatic heterocycles. The van der Waals surface area contributed by atoms with Crippen molar-refractivity contribution >= 4 is 15.2 Å². The molecule has 9 heteroatoms. The van der Waals surface area contributed by atoms with E-state index < -0.39 is 20.3 Å². The Hall–Kier alpha value is 0.260. The van der Waals surface area contributed by atoms with Crippen molar-refractivity contribution in [1.82, 2.24) is 0 Å². The molecule has 0 saturated carbocycles. The van der Waals surface area contributed by atoms with Crippen LogP contribution in [0.5, 0.6) is 0 Å². The van der Waals surface area contributed by atoms with E-state index in [9.17, 15) is 24.0 Å². The molecule has 0 aliphatic carbocycles. The monoisotopic (exact) mass is 318 g/mol. The van der Waals surface area contributed by atoms with Crippen molar-refractivity contribution in [3.63, 3.8) is 0 Å². The van der Waals surface area contributed by atoms with Gasteiger partial charge in [-0.1, -0.05) is 32.6 Å². The third kappa shape index (κ3) is 4.64. The fraction of sp³-hybridized carbons (Fsp3) is 1.00. The molecular weight excluding hydrogens is 294 g/mol. The predicted octanol–water partition coefficient (Wildman–Crippen LogP) is 2.66. The second kappa shape index (κ2) is 7.89. The molecule has 0 saturated heterocycles. The minimum atomic E-state index is -4.67. The van der Waals surface area contributed by atoms with Gasteiger partial charge >= 0.3 is 15.2 Å². The highest BCUT2D eigenvalue weighted by molar-refractivity contribution is 7.72. The standard InChI is InChI=1S/C10H24O7P2/c1-4-5-6-7-8-9-10(11,18(12,13)16-2)19(14,15)17-3/h11H,4-9H2,1-3H3,(H,12,13)(H,14,15). The van der Waals surface area contributed by atoms with Crippen LogP contribution >= 0.6 is 15.2 Å². The van der Waals surface area contributed by atoms with Crippen LogP contribution in [-0.2, 0) is 18.2 Å². The van der Waals surface area contributed by atoms with E-state index in [1.807, 2.05) is 6.92 Å². The Bertz CT molecular complexity index is 334. The number of aliphatic hydroxyl groups is 1. The highest BCUT2D eigenvalue weighted by atomic mass is 31.2. The first-order valence-corrected chi connectivity index (χ1v) is 9.33.